The molecule has 2 heterocycles. The minimum absolute atomic E-state index is 0.158. The van der Waals surface area contributed by atoms with Crippen molar-refractivity contribution in [1.29, 1.82) is 0 Å². The minimum Gasteiger partial charge on any atom is -0.370 e. The third-order valence-corrected chi connectivity index (χ3v) is 4.29. The lowest BCUT2D eigenvalue weighted by molar-refractivity contribution is 0.580. The van der Waals surface area contributed by atoms with Crippen LogP contribution in [0, 0.1) is 0 Å². The van der Waals surface area contributed by atoms with Crippen LogP contribution >= 0.6 is 0 Å². The van der Waals surface area contributed by atoms with E-state index < -0.39 is 10.0 Å². The zero-order valence-electron chi connectivity index (χ0n) is 12.1. The maximum absolute atomic E-state index is 12.1. The van der Waals surface area contributed by atoms with Gasteiger partial charge in [-0.15, -0.1) is 0 Å². The van der Waals surface area contributed by atoms with Crippen LogP contribution < -0.4 is 10.0 Å². The van der Waals surface area contributed by atoms with Crippen molar-refractivity contribution in [2.45, 2.75) is 18.2 Å². The van der Waals surface area contributed by atoms with Gasteiger partial charge >= 0.3 is 0 Å². The molecule has 0 aliphatic carbocycles. The fourth-order valence-corrected chi connectivity index (χ4v) is 2.79. The number of hydrogen-bond acceptors (Lipinski definition) is 5. The molecule has 2 aromatic heterocycles. The quantitative estimate of drug-likeness (QED) is 0.788. The van der Waals surface area contributed by atoms with Gasteiger partial charge in [0, 0.05) is 39.0 Å². The second-order valence-corrected chi connectivity index (χ2v) is 6.30. The van der Waals surface area contributed by atoms with Crippen LogP contribution in [0.5, 0.6) is 0 Å². The number of hydrogen-bond donors (Lipinski definition) is 2. The fourth-order valence-electron chi connectivity index (χ4n) is 1.82. The highest BCUT2D eigenvalue weighted by molar-refractivity contribution is 7.89. The van der Waals surface area contributed by atoms with Crippen LogP contribution in [0.15, 0.2) is 35.5 Å². The molecule has 2 aromatic rings. The second-order valence-electron chi connectivity index (χ2n) is 4.54. The number of nitrogens with zero attached hydrogens (tertiary/aromatic N) is 3. The number of sulfonamides is 1. The Hall–Kier alpha value is -1.93. The summed E-state index contributed by atoms with van der Waals surface area (Å²) in [5, 5.41) is 7.21. The summed E-state index contributed by atoms with van der Waals surface area (Å²) >= 11 is 0. The molecular formula is C13H19N5O2S. The summed E-state index contributed by atoms with van der Waals surface area (Å²) in [4.78, 5) is 4.22. The van der Waals surface area contributed by atoms with Crippen LogP contribution in [0.3, 0.4) is 0 Å². The molecule has 0 spiro atoms. The minimum atomic E-state index is -3.53. The lowest BCUT2D eigenvalue weighted by atomic mass is 10.3. The van der Waals surface area contributed by atoms with Crippen LogP contribution in [0.2, 0.25) is 0 Å². The van der Waals surface area contributed by atoms with Gasteiger partial charge in [-0.3, -0.25) is 4.68 Å². The Kier molecular flexibility index (Phi) is 4.92. The van der Waals surface area contributed by atoms with Gasteiger partial charge in [0.25, 0.3) is 0 Å². The Morgan fingerprint density at radius 1 is 1.29 bits per heavy atom. The molecule has 2 rings (SSSR count). The molecule has 0 aliphatic rings. The van der Waals surface area contributed by atoms with Crippen LogP contribution in [0.4, 0.5) is 5.82 Å². The van der Waals surface area contributed by atoms with Gasteiger partial charge in [0.2, 0.25) is 10.0 Å². The van der Waals surface area contributed by atoms with Crippen molar-refractivity contribution in [3.05, 3.63) is 36.3 Å². The first-order valence-corrected chi connectivity index (χ1v) is 8.17. The molecule has 2 N–H and O–H groups in total. The highest BCUT2D eigenvalue weighted by Crippen LogP contribution is 2.10. The molecule has 114 valence electrons. The molecule has 21 heavy (non-hydrogen) atoms. The third-order valence-electron chi connectivity index (χ3n) is 2.85. The zero-order chi connectivity index (χ0) is 15.3. The Bertz CT molecular complexity index is 679. The van der Waals surface area contributed by atoms with Crippen LogP contribution in [-0.2, 0) is 23.5 Å². The summed E-state index contributed by atoms with van der Waals surface area (Å²) in [5.41, 5.74) is 0.848. The van der Waals surface area contributed by atoms with E-state index in [0.29, 0.717) is 18.8 Å². The Morgan fingerprint density at radius 3 is 2.67 bits per heavy atom. The summed E-state index contributed by atoms with van der Waals surface area (Å²) in [6.45, 7) is 2.99. The molecule has 0 radical (unpaired) electrons. The number of pyridine rings is 1. The molecule has 0 bridgehead atoms. The SMILES string of the molecule is CCNc1ccc(S(=O)(=O)NCCc2ccn(C)n2)cn1. The van der Waals surface area contributed by atoms with Gasteiger partial charge in [0.1, 0.15) is 10.7 Å². The van der Waals surface area contributed by atoms with Crippen molar-refractivity contribution < 1.29 is 8.42 Å². The Labute approximate surface area is 124 Å². The van der Waals surface area contributed by atoms with Gasteiger partial charge in [0.05, 0.1) is 5.69 Å². The molecule has 0 aliphatic heterocycles. The molecule has 8 heteroatoms. The normalized spacial score (nSPS) is 11.5. The third kappa shape index (κ3) is 4.27. The van der Waals surface area contributed by atoms with E-state index in [9.17, 15) is 8.42 Å². The van der Waals surface area contributed by atoms with E-state index in [1.165, 1.54) is 12.3 Å². The van der Waals surface area contributed by atoms with Gasteiger partial charge in [-0.1, -0.05) is 0 Å². The number of nitrogens with one attached hydrogen (secondary N) is 2. The Balaban J connectivity index is 1.94. The van der Waals surface area contributed by atoms with E-state index in [-0.39, 0.29) is 4.90 Å². The van der Waals surface area contributed by atoms with E-state index >= 15 is 0 Å². The molecule has 0 saturated carbocycles. The molecule has 0 amide bonds. The summed E-state index contributed by atoms with van der Waals surface area (Å²) in [6, 6.07) is 5.05. The van der Waals surface area contributed by atoms with Gasteiger partial charge in [-0.2, -0.15) is 5.10 Å². The maximum Gasteiger partial charge on any atom is 0.242 e. The van der Waals surface area contributed by atoms with Gasteiger partial charge in [0.15, 0.2) is 0 Å². The largest absolute Gasteiger partial charge is 0.370 e. The smallest absolute Gasteiger partial charge is 0.242 e. The van der Waals surface area contributed by atoms with Crippen LogP contribution in [-0.4, -0.2) is 36.3 Å². The predicted octanol–water partition coefficient (Wildman–Crippen LogP) is 0.768. The van der Waals surface area contributed by atoms with E-state index in [1.54, 1.807) is 10.7 Å². The van der Waals surface area contributed by atoms with Crippen molar-refractivity contribution in [2.75, 3.05) is 18.4 Å². The highest BCUT2D eigenvalue weighted by atomic mass is 32.2. The molecule has 0 unspecified atom stereocenters. The predicted molar refractivity (Wildman–Crippen MR) is 80.5 cm³/mol. The first-order valence-electron chi connectivity index (χ1n) is 6.69. The maximum atomic E-state index is 12.1. The van der Waals surface area contributed by atoms with Gasteiger partial charge in [-0.05, 0) is 25.1 Å². The van der Waals surface area contributed by atoms with E-state index in [0.717, 1.165) is 12.2 Å². The summed E-state index contributed by atoms with van der Waals surface area (Å²) < 4.78 is 28.4. The first kappa shape index (κ1) is 15.5. The lowest BCUT2D eigenvalue weighted by Crippen LogP contribution is -2.26. The number of aryl methyl sites for hydroxylation is 1. The van der Waals surface area contributed by atoms with E-state index in [2.05, 4.69) is 20.1 Å². The molecule has 0 saturated heterocycles. The van der Waals surface area contributed by atoms with E-state index in [4.69, 9.17) is 0 Å². The van der Waals surface area contributed by atoms with Gasteiger partial charge in [-0.25, -0.2) is 18.1 Å². The van der Waals surface area contributed by atoms with Gasteiger partial charge < -0.3 is 5.32 Å². The van der Waals surface area contributed by atoms with E-state index in [1.807, 2.05) is 26.2 Å². The summed E-state index contributed by atoms with van der Waals surface area (Å²) in [5.74, 6) is 0.657. The fraction of sp³-hybridized carbons (Fsp3) is 0.385. The number of rotatable bonds is 7. The zero-order valence-corrected chi connectivity index (χ0v) is 12.9. The Morgan fingerprint density at radius 2 is 2.10 bits per heavy atom. The first-order chi connectivity index (χ1) is 10.0. The van der Waals surface area contributed by atoms with Crippen LogP contribution in [0.25, 0.3) is 0 Å². The van der Waals surface area contributed by atoms with Crippen molar-refractivity contribution >= 4 is 15.8 Å². The number of anilines is 1. The highest BCUT2D eigenvalue weighted by Gasteiger charge is 2.14. The molecule has 0 atom stereocenters. The molecule has 0 aromatic carbocycles. The summed E-state index contributed by atoms with van der Waals surface area (Å²) in [7, 11) is -1.71. The van der Waals surface area contributed by atoms with Crippen molar-refractivity contribution in [3.8, 4) is 0 Å². The molecular weight excluding hydrogens is 290 g/mol. The second kappa shape index (κ2) is 6.68. The average Bonchev–Trinajstić information content (AvgIpc) is 2.85. The summed E-state index contributed by atoms with van der Waals surface area (Å²) in [6.07, 6.45) is 3.72. The van der Waals surface area contributed by atoms with Crippen molar-refractivity contribution in [2.24, 2.45) is 7.05 Å². The van der Waals surface area contributed by atoms with Crippen molar-refractivity contribution in [1.82, 2.24) is 19.5 Å². The van der Waals surface area contributed by atoms with Crippen LogP contribution in [0.1, 0.15) is 12.6 Å². The molecule has 7 nitrogen and oxygen atoms in total. The topological polar surface area (TPSA) is 88.9 Å². The average molecular weight is 309 g/mol. The lowest BCUT2D eigenvalue weighted by Gasteiger charge is -2.07. The molecule has 0 fully saturated rings. The number of aromatic nitrogens is 3. The van der Waals surface area contributed by atoms with Crippen molar-refractivity contribution in [3.63, 3.8) is 0 Å². The standard InChI is InChI=1S/C13H19N5O2S/c1-3-14-13-5-4-12(10-15-13)21(19,20)16-8-6-11-7-9-18(2)17-11/h4-5,7,9-10,16H,3,6,8H2,1-2H3,(H,14,15). The monoisotopic (exact) mass is 309 g/mol.